The molecule has 0 radical (unpaired) electrons. The van der Waals surface area contributed by atoms with Crippen LogP contribution in [0.1, 0.15) is 0 Å². The Hall–Kier alpha value is -0.700. The van der Waals surface area contributed by atoms with E-state index in [1.807, 2.05) is 12.1 Å². The first-order chi connectivity index (χ1) is 6.70. The minimum absolute atomic E-state index is 0.0709. The molecule has 0 aliphatic rings. The van der Waals surface area contributed by atoms with E-state index in [2.05, 4.69) is 5.16 Å². The molecule has 1 aromatic heterocycles. The molecule has 5 heteroatoms. The fourth-order valence-corrected chi connectivity index (χ4v) is 1.60. The third kappa shape index (κ3) is 1.61. The van der Waals surface area contributed by atoms with Gasteiger partial charge in [0, 0.05) is 5.56 Å². The smallest absolute Gasteiger partial charge is 0.245 e. The Kier molecular flexibility index (Phi) is 2.68. The number of nitrogens with zero attached hydrogens (tertiary/aromatic N) is 1. The lowest BCUT2D eigenvalue weighted by Crippen LogP contribution is -1.78. The maximum atomic E-state index is 5.96. The Morgan fingerprint density at radius 3 is 2.36 bits per heavy atom. The van der Waals surface area contributed by atoms with Crippen LogP contribution in [-0.4, -0.2) is 5.16 Å². The Morgan fingerprint density at radius 1 is 1.07 bits per heavy atom. The molecule has 0 bridgehead atoms. The average molecular weight is 248 g/mol. The van der Waals surface area contributed by atoms with E-state index < -0.39 is 0 Å². The summed E-state index contributed by atoms with van der Waals surface area (Å²) in [6.45, 7) is 0. The highest BCUT2D eigenvalue weighted by Crippen LogP contribution is 2.36. The Morgan fingerprint density at radius 2 is 1.79 bits per heavy atom. The second kappa shape index (κ2) is 3.81. The van der Waals surface area contributed by atoms with E-state index in [-0.39, 0.29) is 10.2 Å². The molecule has 2 aromatic rings. The molecule has 0 saturated heterocycles. The molecule has 0 saturated carbocycles. The largest absolute Gasteiger partial charge is 0.342 e. The van der Waals surface area contributed by atoms with Gasteiger partial charge in [0.15, 0.2) is 0 Å². The summed E-state index contributed by atoms with van der Waals surface area (Å²) in [5.41, 5.74) is 1.16. The zero-order valence-corrected chi connectivity index (χ0v) is 9.07. The molecule has 0 fully saturated rings. The van der Waals surface area contributed by atoms with Crippen molar-refractivity contribution in [1.82, 2.24) is 5.16 Å². The molecular formula is C9H4Cl3NO. The van der Waals surface area contributed by atoms with E-state index in [1.54, 1.807) is 12.1 Å². The SMILES string of the molecule is Clc1ccccc1-c1noc(Cl)c1Cl. The van der Waals surface area contributed by atoms with Gasteiger partial charge in [0.1, 0.15) is 10.7 Å². The molecule has 0 unspecified atom stereocenters. The summed E-state index contributed by atoms with van der Waals surface area (Å²) in [6.07, 6.45) is 0. The van der Waals surface area contributed by atoms with Crippen LogP contribution < -0.4 is 0 Å². The van der Waals surface area contributed by atoms with E-state index in [4.69, 9.17) is 39.3 Å². The van der Waals surface area contributed by atoms with E-state index in [0.717, 1.165) is 0 Å². The van der Waals surface area contributed by atoms with Crippen molar-refractivity contribution < 1.29 is 4.52 Å². The summed E-state index contributed by atoms with van der Waals surface area (Å²) in [7, 11) is 0. The molecule has 0 aliphatic carbocycles. The van der Waals surface area contributed by atoms with E-state index >= 15 is 0 Å². The number of rotatable bonds is 1. The van der Waals surface area contributed by atoms with Gasteiger partial charge in [-0.3, -0.25) is 0 Å². The third-order valence-corrected chi connectivity index (χ3v) is 2.76. The van der Waals surface area contributed by atoms with Gasteiger partial charge < -0.3 is 4.52 Å². The summed E-state index contributed by atoms with van der Waals surface area (Å²) in [6, 6.07) is 7.19. The average Bonchev–Trinajstić information content (AvgIpc) is 2.49. The normalized spacial score (nSPS) is 10.5. The highest BCUT2D eigenvalue weighted by atomic mass is 35.5. The summed E-state index contributed by atoms with van der Waals surface area (Å²) in [4.78, 5) is 0. The van der Waals surface area contributed by atoms with E-state index in [1.165, 1.54) is 0 Å². The first-order valence-corrected chi connectivity index (χ1v) is 4.89. The monoisotopic (exact) mass is 247 g/mol. The molecular weight excluding hydrogens is 244 g/mol. The maximum Gasteiger partial charge on any atom is 0.245 e. The lowest BCUT2D eigenvalue weighted by Gasteiger charge is -1.98. The summed E-state index contributed by atoms with van der Waals surface area (Å²) >= 11 is 17.5. The van der Waals surface area contributed by atoms with Crippen LogP contribution >= 0.6 is 34.8 Å². The van der Waals surface area contributed by atoms with Gasteiger partial charge >= 0.3 is 0 Å². The van der Waals surface area contributed by atoms with Crippen molar-refractivity contribution in [1.29, 1.82) is 0 Å². The number of halogens is 3. The highest BCUT2D eigenvalue weighted by molar-refractivity contribution is 6.43. The van der Waals surface area contributed by atoms with Gasteiger partial charge in [-0.05, 0) is 17.7 Å². The molecule has 14 heavy (non-hydrogen) atoms. The van der Waals surface area contributed by atoms with Crippen molar-refractivity contribution in [2.75, 3.05) is 0 Å². The lowest BCUT2D eigenvalue weighted by atomic mass is 10.1. The highest BCUT2D eigenvalue weighted by Gasteiger charge is 2.15. The minimum atomic E-state index is 0.0709. The van der Waals surface area contributed by atoms with Crippen molar-refractivity contribution >= 4 is 34.8 Å². The van der Waals surface area contributed by atoms with Gasteiger partial charge in [0.05, 0.1) is 5.02 Å². The molecule has 0 amide bonds. The molecule has 1 heterocycles. The standard InChI is InChI=1S/C9H4Cl3NO/c10-6-4-2-1-3-5(6)8-7(11)9(12)14-13-8/h1-4H. The lowest BCUT2D eigenvalue weighted by molar-refractivity contribution is 0.424. The van der Waals surface area contributed by atoms with E-state index in [0.29, 0.717) is 16.3 Å². The first-order valence-electron chi connectivity index (χ1n) is 3.75. The number of benzene rings is 1. The number of hydrogen-bond donors (Lipinski definition) is 0. The van der Waals surface area contributed by atoms with E-state index in [9.17, 15) is 0 Å². The van der Waals surface area contributed by atoms with Gasteiger partial charge in [0.2, 0.25) is 5.22 Å². The summed E-state index contributed by atoms with van der Waals surface area (Å²) in [5, 5.41) is 4.63. The quantitative estimate of drug-likeness (QED) is 0.752. The maximum absolute atomic E-state index is 5.96. The summed E-state index contributed by atoms with van der Waals surface area (Å²) < 4.78 is 4.73. The van der Waals surface area contributed by atoms with Crippen LogP contribution in [0.5, 0.6) is 0 Å². The topological polar surface area (TPSA) is 26.0 Å². The zero-order valence-electron chi connectivity index (χ0n) is 6.80. The van der Waals surface area contributed by atoms with Crippen LogP contribution in [-0.2, 0) is 0 Å². The van der Waals surface area contributed by atoms with Crippen LogP contribution in [0.4, 0.5) is 0 Å². The molecule has 1 aromatic carbocycles. The fraction of sp³-hybridized carbons (Fsp3) is 0. The van der Waals surface area contributed by atoms with Gasteiger partial charge in [0.25, 0.3) is 0 Å². The second-order valence-corrected chi connectivity index (χ2v) is 3.73. The Labute approximate surface area is 95.4 Å². The van der Waals surface area contributed by atoms with Crippen LogP contribution in [0.15, 0.2) is 28.8 Å². The van der Waals surface area contributed by atoms with Gasteiger partial charge in [-0.2, -0.15) is 0 Å². The minimum Gasteiger partial charge on any atom is -0.342 e. The van der Waals surface area contributed by atoms with Gasteiger partial charge in [-0.1, -0.05) is 46.6 Å². The van der Waals surface area contributed by atoms with Crippen LogP contribution in [0.2, 0.25) is 15.3 Å². The Bertz CT molecular complexity index is 467. The Balaban J connectivity index is 2.60. The summed E-state index contributed by atoms with van der Waals surface area (Å²) in [5.74, 6) is 0. The third-order valence-electron chi connectivity index (χ3n) is 1.73. The number of hydrogen-bond acceptors (Lipinski definition) is 2. The molecule has 0 atom stereocenters. The zero-order chi connectivity index (χ0) is 10.1. The molecule has 2 rings (SSSR count). The first kappa shape index (κ1) is 9.84. The van der Waals surface area contributed by atoms with Gasteiger partial charge in [-0.25, -0.2) is 0 Å². The van der Waals surface area contributed by atoms with Crippen LogP contribution in [0, 0.1) is 0 Å². The van der Waals surface area contributed by atoms with Crippen LogP contribution in [0.3, 0.4) is 0 Å². The second-order valence-electron chi connectivity index (χ2n) is 2.60. The van der Waals surface area contributed by atoms with Crippen molar-refractivity contribution in [2.45, 2.75) is 0 Å². The van der Waals surface area contributed by atoms with Crippen molar-refractivity contribution in [2.24, 2.45) is 0 Å². The molecule has 2 nitrogen and oxygen atoms in total. The van der Waals surface area contributed by atoms with Crippen molar-refractivity contribution in [3.05, 3.63) is 39.5 Å². The molecule has 72 valence electrons. The predicted octanol–water partition coefficient (Wildman–Crippen LogP) is 4.30. The molecule has 0 aliphatic heterocycles. The van der Waals surface area contributed by atoms with Crippen molar-refractivity contribution in [3.8, 4) is 11.3 Å². The number of aromatic nitrogens is 1. The predicted molar refractivity (Wildman–Crippen MR) is 57.0 cm³/mol. The van der Waals surface area contributed by atoms with Gasteiger partial charge in [-0.15, -0.1) is 0 Å². The van der Waals surface area contributed by atoms with Crippen molar-refractivity contribution in [3.63, 3.8) is 0 Å². The molecule has 0 spiro atoms. The van der Waals surface area contributed by atoms with Crippen LogP contribution in [0.25, 0.3) is 11.3 Å². The molecule has 0 N–H and O–H groups in total. The fourth-order valence-electron chi connectivity index (χ4n) is 1.08.